The molecule has 154 valence electrons. The van der Waals surface area contributed by atoms with E-state index in [9.17, 15) is 14.4 Å². The van der Waals surface area contributed by atoms with Crippen LogP contribution in [0.5, 0.6) is 0 Å². The van der Waals surface area contributed by atoms with E-state index in [4.69, 9.17) is 0 Å². The number of carbonyl (C=O) groups excluding carboxylic acids is 3. The molecule has 1 heterocycles. The summed E-state index contributed by atoms with van der Waals surface area (Å²) in [5.41, 5.74) is 6.05. The number of rotatable bonds is 4. The Morgan fingerprint density at radius 1 is 1.00 bits per heavy atom. The molecule has 0 aromatic heterocycles. The number of benzene rings is 1. The van der Waals surface area contributed by atoms with Crippen molar-refractivity contribution in [3.05, 3.63) is 24.3 Å². The molecule has 1 atom stereocenters. The van der Waals surface area contributed by atoms with Gasteiger partial charge in [-0.05, 0) is 73.8 Å². The number of anilines is 1. The fourth-order valence-electron chi connectivity index (χ4n) is 6.48. The summed E-state index contributed by atoms with van der Waals surface area (Å²) in [5, 5.41) is 2.34. The Kier molecular flexibility index (Phi) is 4.81. The molecule has 1 aliphatic heterocycles. The lowest BCUT2D eigenvalue weighted by molar-refractivity contribution is -0.134. The molecule has 4 fully saturated rings. The summed E-state index contributed by atoms with van der Waals surface area (Å²) in [6.07, 6.45) is 8.08. The maximum atomic E-state index is 12.5. The monoisotopic (exact) mass is 413 g/mol. The van der Waals surface area contributed by atoms with Gasteiger partial charge in [0.1, 0.15) is 0 Å². The van der Waals surface area contributed by atoms with E-state index in [1.807, 2.05) is 24.3 Å². The standard InChI is InChI=1S/C22H27N3O3S/c26-19(8-18-21(28)23-16-3-1-2-4-17(16)29-18)24-25-20(27)12-22-9-13-5-14(10-22)7-15(6-13)11-22/h1-4,13-15,18H,5-12H2,(H,23,28)(H,24,26)(H,25,27)/t13?,14?,15?,18-,22?/m0/s1. The van der Waals surface area contributed by atoms with Crippen molar-refractivity contribution in [2.24, 2.45) is 23.2 Å². The normalized spacial score (nSPS) is 34.3. The van der Waals surface area contributed by atoms with E-state index in [0.29, 0.717) is 6.42 Å². The van der Waals surface area contributed by atoms with Crippen LogP contribution in [0.4, 0.5) is 5.69 Å². The molecule has 0 unspecified atom stereocenters. The predicted molar refractivity (Wildman–Crippen MR) is 111 cm³/mol. The van der Waals surface area contributed by atoms with Crippen LogP contribution in [0.25, 0.3) is 0 Å². The fraction of sp³-hybridized carbons (Fsp3) is 0.591. The topological polar surface area (TPSA) is 87.3 Å². The molecule has 4 saturated carbocycles. The van der Waals surface area contributed by atoms with Gasteiger partial charge in [-0.2, -0.15) is 0 Å². The molecular formula is C22H27N3O3S. The summed E-state index contributed by atoms with van der Waals surface area (Å²) >= 11 is 1.39. The molecule has 6 rings (SSSR count). The van der Waals surface area contributed by atoms with Crippen LogP contribution in [0.1, 0.15) is 51.4 Å². The first-order valence-electron chi connectivity index (χ1n) is 10.6. The fourth-order valence-corrected chi connectivity index (χ4v) is 7.59. The highest BCUT2D eigenvalue weighted by Crippen LogP contribution is 2.61. The average Bonchev–Trinajstić information content (AvgIpc) is 2.65. The van der Waals surface area contributed by atoms with Crippen molar-refractivity contribution in [2.45, 2.75) is 61.5 Å². The van der Waals surface area contributed by atoms with Gasteiger partial charge in [0.15, 0.2) is 0 Å². The van der Waals surface area contributed by atoms with E-state index >= 15 is 0 Å². The summed E-state index contributed by atoms with van der Waals surface area (Å²) in [6.45, 7) is 0. The first-order chi connectivity index (χ1) is 14.0. The van der Waals surface area contributed by atoms with Gasteiger partial charge in [-0.1, -0.05) is 12.1 Å². The Hall–Kier alpha value is -2.02. The van der Waals surface area contributed by atoms with Crippen LogP contribution >= 0.6 is 11.8 Å². The van der Waals surface area contributed by atoms with E-state index in [-0.39, 0.29) is 29.6 Å². The Morgan fingerprint density at radius 3 is 2.31 bits per heavy atom. The number of hydrogen-bond donors (Lipinski definition) is 3. The lowest BCUT2D eigenvalue weighted by atomic mass is 9.49. The van der Waals surface area contributed by atoms with Crippen molar-refractivity contribution in [3.63, 3.8) is 0 Å². The highest BCUT2D eigenvalue weighted by Gasteiger charge is 2.51. The number of nitrogens with one attached hydrogen (secondary N) is 3. The predicted octanol–water partition coefficient (Wildman–Crippen LogP) is 3.24. The Balaban J connectivity index is 1.12. The third-order valence-electron chi connectivity index (χ3n) is 7.12. The summed E-state index contributed by atoms with van der Waals surface area (Å²) in [7, 11) is 0. The maximum absolute atomic E-state index is 12.5. The zero-order valence-electron chi connectivity index (χ0n) is 16.4. The minimum atomic E-state index is -0.495. The molecule has 0 saturated heterocycles. The maximum Gasteiger partial charge on any atom is 0.240 e. The van der Waals surface area contributed by atoms with Crippen molar-refractivity contribution in [2.75, 3.05) is 5.32 Å². The van der Waals surface area contributed by atoms with Gasteiger partial charge in [0.05, 0.1) is 10.9 Å². The van der Waals surface area contributed by atoms with Crippen LogP contribution < -0.4 is 16.2 Å². The molecule has 4 aliphatic carbocycles. The minimum Gasteiger partial charge on any atom is -0.324 e. The van der Waals surface area contributed by atoms with Crippen LogP contribution in [0.2, 0.25) is 0 Å². The number of thioether (sulfide) groups is 1. The summed E-state index contributed by atoms with van der Waals surface area (Å²) < 4.78 is 0. The van der Waals surface area contributed by atoms with Gasteiger partial charge < -0.3 is 5.32 Å². The molecule has 0 radical (unpaired) electrons. The molecule has 6 nitrogen and oxygen atoms in total. The van der Waals surface area contributed by atoms with Crippen LogP contribution in [-0.2, 0) is 14.4 Å². The van der Waals surface area contributed by atoms with E-state index < -0.39 is 5.25 Å². The number of amides is 3. The van der Waals surface area contributed by atoms with E-state index in [1.165, 1.54) is 50.3 Å². The van der Waals surface area contributed by atoms with E-state index in [2.05, 4.69) is 16.2 Å². The zero-order chi connectivity index (χ0) is 20.0. The van der Waals surface area contributed by atoms with Gasteiger partial charge in [-0.25, -0.2) is 0 Å². The number of para-hydroxylation sites is 1. The second-order valence-electron chi connectivity index (χ2n) is 9.49. The highest BCUT2D eigenvalue weighted by molar-refractivity contribution is 8.01. The third kappa shape index (κ3) is 3.89. The van der Waals surface area contributed by atoms with Gasteiger partial charge in [-0.3, -0.25) is 25.2 Å². The van der Waals surface area contributed by atoms with E-state index in [1.54, 1.807) is 0 Å². The van der Waals surface area contributed by atoms with Crippen molar-refractivity contribution in [1.29, 1.82) is 0 Å². The lowest BCUT2D eigenvalue weighted by Gasteiger charge is -2.56. The van der Waals surface area contributed by atoms with Gasteiger partial charge in [-0.15, -0.1) is 11.8 Å². The molecule has 29 heavy (non-hydrogen) atoms. The highest BCUT2D eigenvalue weighted by atomic mass is 32.2. The quantitative estimate of drug-likeness (QED) is 0.662. The van der Waals surface area contributed by atoms with Gasteiger partial charge in [0.25, 0.3) is 0 Å². The molecule has 3 amide bonds. The lowest BCUT2D eigenvalue weighted by Crippen LogP contribution is -2.50. The van der Waals surface area contributed by atoms with Gasteiger partial charge >= 0.3 is 0 Å². The number of hydrogen-bond acceptors (Lipinski definition) is 4. The van der Waals surface area contributed by atoms with Crippen molar-refractivity contribution in [3.8, 4) is 0 Å². The first kappa shape index (κ1) is 19.0. The second-order valence-corrected chi connectivity index (χ2v) is 10.7. The zero-order valence-corrected chi connectivity index (χ0v) is 17.2. The molecule has 5 aliphatic rings. The smallest absolute Gasteiger partial charge is 0.240 e. The number of hydrazine groups is 1. The SMILES string of the molecule is O=C(C[C@@H]1Sc2ccccc2NC1=O)NNC(=O)CC12CC3CC(CC(C3)C1)C2. The summed E-state index contributed by atoms with van der Waals surface area (Å²) in [6, 6.07) is 7.55. The van der Waals surface area contributed by atoms with Gasteiger partial charge in [0.2, 0.25) is 17.7 Å². The Morgan fingerprint density at radius 2 is 1.62 bits per heavy atom. The molecule has 3 N–H and O–H groups in total. The van der Waals surface area contributed by atoms with Crippen molar-refractivity contribution in [1.82, 2.24) is 10.9 Å². The molecule has 4 bridgehead atoms. The molecule has 0 spiro atoms. The molecular weight excluding hydrogens is 386 g/mol. The largest absolute Gasteiger partial charge is 0.324 e. The Bertz CT molecular complexity index is 820. The summed E-state index contributed by atoms with van der Waals surface area (Å²) in [4.78, 5) is 38.1. The second kappa shape index (κ2) is 7.35. The number of fused-ring (bicyclic) bond motifs is 1. The Labute approximate surface area is 174 Å². The average molecular weight is 414 g/mol. The summed E-state index contributed by atoms with van der Waals surface area (Å²) in [5.74, 6) is 1.78. The van der Waals surface area contributed by atoms with Crippen LogP contribution in [-0.4, -0.2) is 23.0 Å². The van der Waals surface area contributed by atoms with Crippen LogP contribution in [0.3, 0.4) is 0 Å². The minimum absolute atomic E-state index is 0.0302. The first-order valence-corrected chi connectivity index (χ1v) is 11.5. The van der Waals surface area contributed by atoms with Crippen molar-refractivity contribution >= 4 is 35.2 Å². The third-order valence-corrected chi connectivity index (χ3v) is 8.39. The number of carbonyl (C=O) groups is 3. The molecule has 1 aromatic rings. The van der Waals surface area contributed by atoms with E-state index in [0.717, 1.165) is 28.3 Å². The van der Waals surface area contributed by atoms with Crippen molar-refractivity contribution < 1.29 is 14.4 Å². The molecule has 1 aromatic carbocycles. The van der Waals surface area contributed by atoms with Crippen LogP contribution in [0.15, 0.2) is 29.2 Å². The van der Waals surface area contributed by atoms with Crippen LogP contribution in [0, 0.1) is 23.2 Å². The molecule has 7 heteroatoms. The van der Waals surface area contributed by atoms with Gasteiger partial charge in [0, 0.05) is 17.7 Å².